The molecule has 0 spiro atoms. The Balaban J connectivity index is 2.14. The normalized spacial score (nSPS) is 23.4. The molecule has 1 fully saturated rings. The van der Waals surface area contributed by atoms with Crippen molar-refractivity contribution in [1.82, 2.24) is 14.8 Å². The summed E-state index contributed by atoms with van der Waals surface area (Å²) < 4.78 is 6.82. The Morgan fingerprint density at radius 1 is 1.67 bits per heavy atom. The summed E-state index contributed by atoms with van der Waals surface area (Å²) in [5, 5.41) is 15.3. The van der Waals surface area contributed by atoms with Crippen LogP contribution in [0.15, 0.2) is 9.95 Å². The van der Waals surface area contributed by atoms with Crippen LogP contribution in [-0.4, -0.2) is 44.8 Å². The molecule has 2 atom stereocenters. The summed E-state index contributed by atoms with van der Waals surface area (Å²) in [6.45, 7) is 0. The quantitative estimate of drug-likeness (QED) is 0.758. The van der Waals surface area contributed by atoms with Crippen molar-refractivity contribution < 1.29 is 14.6 Å². The number of H-pyrrole nitrogens is 1. The standard InChI is InChI=1S/C10H15N3O4S/c1-17-7-3-2-6(4-7)13-9(16)11-12-10(13)18-5-8(14)15/h6-7H,2-5H2,1H3,(H,11,16)(H,14,15). The van der Waals surface area contributed by atoms with Crippen molar-refractivity contribution in [3.8, 4) is 0 Å². The molecule has 0 bridgehead atoms. The van der Waals surface area contributed by atoms with Crippen LogP contribution in [-0.2, 0) is 9.53 Å². The molecule has 2 N–H and O–H groups in total. The second-order valence-corrected chi connectivity index (χ2v) is 5.13. The summed E-state index contributed by atoms with van der Waals surface area (Å²) in [5.74, 6) is -1.03. The smallest absolute Gasteiger partial charge is 0.344 e. The van der Waals surface area contributed by atoms with Gasteiger partial charge in [0.15, 0.2) is 5.16 Å². The van der Waals surface area contributed by atoms with Crippen LogP contribution in [0.25, 0.3) is 0 Å². The Bertz CT molecular complexity index is 484. The first-order valence-electron chi connectivity index (χ1n) is 5.66. The molecule has 1 aromatic rings. The van der Waals surface area contributed by atoms with E-state index in [-0.39, 0.29) is 23.6 Å². The summed E-state index contributed by atoms with van der Waals surface area (Å²) in [4.78, 5) is 22.3. The lowest BCUT2D eigenvalue weighted by Crippen LogP contribution is -2.22. The van der Waals surface area contributed by atoms with E-state index in [4.69, 9.17) is 9.84 Å². The van der Waals surface area contributed by atoms with Gasteiger partial charge in [-0.1, -0.05) is 11.8 Å². The van der Waals surface area contributed by atoms with Crippen LogP contribution in [0, 0.1) is 0 Å². The molecule has 7 nitrogen and oxygen atoms in total. The van der Waals surface area contributed by atoms with Gasteiger partial charge in [0.25, 0.3) is 0 Å². The number of thioether (sulfide) groups is 1. The fraction of sp³-hybridized carbons (Fsp3) is 0.700. The van der Waals surface area contributed by atoms with Gasteiger partial charge in [0.1, 0.15) is 0 Å². The molecule has 1 aromatic heterocycles. The van der Waals surface area contributed by atoms with E-state index in [1.807, 2.05) is 0 Å². The number of carbonyl (C=O) groups is 1. The summed E-state index contributed by atoms with van der Waals surface area (Å²) in [7, 11) is 1.66. The number of nitrogens with zero attached hydrogens (tertiary/aromatic N) is 2. The Labute approximate surface area is 108 Å². The third kappa shape index (κ3) is 2.75. The Morgan fingerprint density at radius 3 is 3.06 bits per heavy atom. The molecule has 1 heterocycles. The van der Waals surface area contributed by atoms with Gasteiger partial charge in [-0.15, -0.1) is 5.10 Å². The highest BCUT2D eigenvalue weighted by Gasteiger charge is 2.29. The maximum atomic E-state index is 11.7. The van der Waals surface area contributed by atoms with E-state index < -0.39 is 5.97 Å². The number of aromatic nitrogens is 3. The van der Waals surface area contributed by atoms with E-state index in [2.05, 4.69) is 10.2 Å². The van der Waals surface area contributed by atoms with Gasteiger partial charge in [-0.05, 0) is 19.3 Å². The van der Waals surface area contributed by atoms with E-state index in [1.54, 1.807) is 11.7 Å². The second kappa shape index (κ2) is 5.57. The monoisotopic (exact) mass is 273 g/mol. The molecule has 0 aromatic carbocycles. The minimum absolute atomic E-state index is 0.0393. The first-order valence-corrected chi connectivity index (χ1v) is 6.64. The largest absolute Gasteiger partial charge is 0.481 e. The molecule has 1 aliphatic carbocycles. The maximum absolute atomic E-state index is 11.7. The number of carboxylic acid groups (broad SMARTS) is 1. The minimum Gasteiger partial charge on any atom is -0.481 e. The summed E-state index contributed by atoms with van der Waals surface area (Å²) in [6.07, 6.45) is 2.67. The summed E-state index contributed by atoms with van der Waals surface area (Å²) in [5.41, 5.74) is -0.287. The zero-order chi connectivity index (χ0) is 13.1. The molecule has 1 aliphatic rings. The third-order valence-corrected chi connectivity index (χ3v) is 3.99. The van der Waals surface area contributed by atoms with E-state index in [9.17, 15) is 9.59 Å². The molecule has 1 saturated carbocycles. The summed E-state index contributed by atoms with van der Waals surface area (Å²) in [6, 6.07) is 0.0393. The van der Waals surface area contributed by atoms with Crippen LogP contribution in [0.2, 0.25) is 0 Å². The van der Waals surface area contributed by atoms with E-state index in [0.717, 1.165) is 31.0 Å². The van der Waals surface area contributed by atoms with Crippen molar-refractivity contribution >= 4 is 17.7 Å². The minimum atomic E-state index is -0.928. The van der Waals surface area contributed by atoms with Gasteiger partial charge in [0, 0.05) is 13.2 Å². The first-order chi connectivity index (χ1) is 8.61. The highest BCUT2D eigenvalue weighted by atomic mass is 32.2. The zero-order valence-corrected chi connectivity index (χ0v) is 10.8. The van der Waals surface area contributed by atoms with E-state index in [0.29, 0.717) is 5.16 Å². The van der Waals surface area contributed by atoms with Crippen molar-refractivity contribution in [1.29, 1.82) is 0 Å². The maximum Gasteiger partial charge on any atom is 0.344 e. The summed E-state index contributed by atoms with van der Waals surface area (Å²) >= 11 is 1.05. The number of hydrogen-bond acceptors (Lipinski definition) is 5. The SMILES string of the molecule is COC1CCC(n2c(SCC(=O)O)n[nH]c2=O)C1. The van der Waals surface area contributed by atoms with Crippen molar-refractivity contribution in [2.75, 3.05) is 12.9 Å². The molecular formula is C10H15N3O4S. The predicted octanol–water partition coefficient (Wildman–Crippen LogP) is 0.488. The predicted molar refractivity (Wildman–Crippen MR) is 64.9 cm³/mol. The van der Waals surface area contributed by atoms with Gasteiger partial charge < -0.3 is 9.84 Å². The third-order valence-electron chi connectivity index (χ3n) is 3.05. The Morgan fingerprint density at radius 2 is 2.44 bits per heavy atom. The second-order valence-electron chi connectivity index (χ2n) is 4.19. The molecule has 100 valence electrons. The molecule has 2 rings (SSSR count). The van der Waals surface area contributed by atoms with Gasteiger partial charge in [-0.2, -0.15) is 0 Å². The number of hydrogen-bond donors (Lipinski definition) is 2. The Hall–Kier alpha value is -1.28. The van der Waals surface area contributed by atoms with Crippen LogP contribution in [0.4, 0.5) is 0 Å². The van der Waals surface area contributed by atoms with Crippen LogP contribution in [0.5, 0.6) is 0 Å². The van der Waals surface area contributed by atoms with Crippen LogP contribution in [0.3, 0.4) is 0 Å². The van der Waals surface area contributed by atoms with Gasteiger partial charge in [-0.25, -0.2) is 9.89 Å². The molecule has 18 heavy (non-hydrogen) atoms. The molecule has 0 saturated heterocycles. The molecular weight excluding hydrogens is 258 g/mol. The van der Waals surface area contributed by atoms with Gasteiger partial charge in [-0.3, -0.25) is 9.36 Å². The molecule has 0 radical (unpaired) electrons. The molecule has 0 amide bonds. The lowest BCUT2D eigenvalue weighted by atomic mass is 10.2. The van der Waals surface area contributed by atoms with Crippen LogP contribution < -0.4 is 5.69 Å². The fourth-order valence-electron chi connectivity index (χ4n) is 2.21. The average molecular weight is 273 g/mol. The van der Waals surface area contributed by atoms with Gasteiger partial charge >= 0.3 is 11.7 Å². The number of methoxy groups -OCH3 is 1. The van der Waals surface area contributed by atoms with E-state index in [1.165, 1.54) is 0 Å². The van der Waals surface area contributed by atoms with Crippen LogP contribution in [0.1, 0.15) is 25.3 Å². The van der Waals surface area contributed by atoms with Crippen molar-refractivity contribution in [3.05, 3.63) is 10.5 Å². The van der Waals surface area contributed by atoms with Crippen molar-refractivity contribution in [2.45, 2.75) is 36.6 Å². The van der Waals surface area contributed by atoms with Crippen LogP contribution >= 0.6 is 11.8 Å². The lowest BCUT2D eigenvalue weighted by Gasteiger charge is -2.12. The van der Waals surface area contributed by atoms with E-state index >= 15 is 0 Å². The number of nitrogens with one attached hydrogen (secondary N) is 1. The molecule has 2 unspecified atom stereocenters. The fourth-order valence-corrected chi connectivity index (χ4v) is 2.94. The first kappa shape index (κ1) is 13.2. The number of aromatic amines is 1. The highest BCUT2D eigenvalue weighted by Crippen LogP contribution is 2.32. The zero-order valence-electron chi connectivity index (χ0n) is 9.96. The topological polar surface area (TPSA) is 97.2 Å². The lowest BCUT2D eigenvalue weighted by molar-refractivity contribution is -0.133. The molecule has 0 aliphatic heterocycles. The number of carboxylic acids is 1. The number of ether oxygens (including phenoxy) is 1. The average Bonchev–Trinajstić information content (AvgIpc) is 2.92. The van der Waals surface area contributed by atoms with Crippen molar-refractivity contribution in [2.24, 2.45) is 0 Å². The van der Waals surface area contributed by atoms with Gasteiger partial charge in [0.2, 0.25) is 0 Å². The number of rotatable bonds is 5. The molecule has 8 heteroatoms. The van der Waals surface area contributed by atoms with Gasteiger partial charge in [0.05, 0.1) is 11.9 Å². The highest BCUT2D eigenvalue weighted by molar-refractivity contribution is 7.99. The number of aliphatic carboxylic acids is 1. The Kier molecular flexibility index (Phi) is 4.07. The van der Waals surface area contributed by atoms with Crippen molar-refractivity contribution in [3.63, 3.8) is 0 Å².